The molecule has 0 saturated heterocycles. The first-order valence-corrected chi connectivity index (χ1v) is 4.30. The molecule has 0 heterocycles. The molecule has 0 unspecified atom stereocenters. The van der Waals surface area contributed by atoms with Crippen LogP contribution in [0.25, 0.3) is 0 Å². The third kappa shape index (κ3) is 2.39. The summed E-state index contributed by atoms with van der Waals surface area (Å²) in [6.07, 6.45) is 8.88. The van der Waals surface area contributed by atoms with E-state index in [1.165, 1.54) is 32.1 Å². The molecular formula is C9H15N. The Morgan fingerprint density at radius 3 is 2.60 bits per heavy atom. The second kappa shape index (κ2) is 4.33. The molecule has 0 spiro atoms. The first kappa shape index (κ1) is 7.60. The zero-order valence-electron chi connectivity index (χ0n) is 6.47. The highest BCUT2D eigenvalue weighted by molar-refractivity contribution is 4.72. The molecule has 0 bridgehead atoms. The van der Waals surface area contributed by atoms with E-state index >= 15 is 0 Å². The van der Waals surface area contributed by atoms with Crippen molar-refractivity contribution in [2.45, 2.75) is 44.9 Å². The molecule has 1 aliphatic rings. The van der Waals surface area contributed by atoms with Gasteiger partial charge in [0.25, 0.3) is 0 Å². The molecule has 1 saturated carbocycles. The van der Waals surface area contributed by atoms with Crippen LogP contribution in [0.1, 0.15) is 44.9 Å². The van der Waals surface area contributed by atoms with Gasteiger partial charge in [0.05, 0.1) is 6.07 Å². The highest BCUT2D eigenvalue weighted by Gasteiger charge is 2.15. The van der Waals surface area contributed by atoms with Crippen molar-refractivity contribution in [3.8, 4) is 6.07 Å². The molecule has 1 heteroatoms. The SMILES string of the molecule is N#CCCCCC1CCC1. The summed E-state index contributed by atoms with van der Waals surface area (Å²) in [5, 5.41) is 8.25. The second-order valence-corrected chi connectivity index (χ2v) is 3.20. The minimum atomic E-state index is 0.757. The summed E-state index contributed by atoms with van der Waals surface area (Å²) in [4.78, 5) is 0. The topological polar surface area (TPSA) is 23.8 Å². The van der Waals surface area contributed by atoms with E-state index in [0.29, 0.717) is 0 Å². The van der Waals surface area contributed by atoms with Crippen LogP contribution in [0.15, 0.2) is 0 Å². The Balaban J connectivity index is 1.81. The lowest BCUT2D eigenvalue weighted by molar-refractivity contribution is 0.288. The molecule has 0 N–H and O–H groups in total. The fourth-order valence-corrected chi connectivity index (χ4v) is 1.42. The molecule has 10 heavy (non-hydrogen) atoms. The van der Waals surface area contributed by atoms with E-state index in [1.54, 1.807) is 0 Å². The van der Waals surface area contributed by atoms with E-state index in [0.717, 1.165) is 18.8 Å². The summed E-state index contributed by atoms with van der Waals surface area (Å²) in [7, 11) is 0. The molecule has 0 aromatic rings. The third-order valence-corrected chi connectivity index (χ3v) is 2.38. The molecular weight excluding hydrogens is 122 g/mol. The monoisotopic (exact) mass is 137 g/mol. The van der Waals surface area contributed by atoms with E-state index in [2.05, 4.69) is 6.07 Å². The fourth-order valence-electron chi connectivity index (χ4n) is 1.42. The zero-order chi connectivity index (χ0) is 7.23. The van der Waals surface area contributed by atoms with E-state index < -0.39 is 0 Å². The summed E-state index contributed by atoms with van der Waals surface area (Å²) in [6, 6.07) is 2.18. The fraction of sp³-hybridized carbons (Fsp3) is 0.889. The van der Waals surface area contributed by atoms with Crippen molar-refractivity contribution in [1.29, 1.82) is 5.26 Å². The van der Waals surface area contributed by atoms with Crippen molar-refractivity contribution >= 4 is 0 Å². The Kier molecular flexibility index (Phi) is 3.29. The molecule has 0 aliphatic heterocycles. The van der Waals surface area contributed by atoms with Crippen LogP contribution in [0.4, 0.5) is 0 Å². The Morgan fingerprint density at radius 1 is 1.30 bits per heavy atom. The number of rotatable bonds is 4. The van der Waals surface area contributed by atoms with Crippen LogP contribution in [-0.4, -0.2) is 0 Å². The van der Waals surface area contributed by atoms with Crippen molar-refractivity contribution in [3.63, 3.8) is 0 Å². The molecule has 1 rings (SSSR count). The standard InChI is InChI=1S/C9H15N/c10-8-3-1-2-5-9-6-4-7-9/h9H,1-7H2. The van der Waals surface area contributed by atoms with Gasteiger partial charge in [-0.25, -0.2) is 0 Å². The van der Waals surface area contributed by atoms with Gasteiger partial charge in [-0.05, 0) is 12.3 Å². The number of nitriles is 1. The maximum absolute atomic E-state index is 8.25. The number of nitrogens with zero attached hydrogens (tertiary/aromatic N) is 1. The molecule has 56 valence electrons. The van der Waals surface area contributed by atoms with Crippen LogP contribution >= 0.6 is 0 Å². The van der Waals surface area contributed by atoms with Crippen LogP contribution in [-0.2, 0) is 0 Å². The largest absolute Gasteiger partial charge is 0.198 e. The van der Waals surface area contributed by atoms with Gasteiger partial charge in [-0.1, -0.05) is 32.1 Å². The average Bonchev–Trinajstić information content (AvgIpc) is 1.84. The molecule has 0 radical (unpaired) electrons. The Labute approximate surface area is 63.0 Å². The first-order valence-electron chi connectivity index (χ1n) is 4.30. The van der Waals surface area contributed by atoms with Gasteiger partial charge in [0.15, 0.2) is 0 Å². The molecule has 0 aromatic carbocycles. The Hall–Kier alpha value is -0.510. The van der Waals surface area contributed by atoms with Crippen molar-refractivity contribution in [2.75, 3.05) is 0 Å². The summed E-state index contributed by atoms with van der Waals surface area (Å²) in [5.41, 5.74) is 0. The number of unbranched alkanes of at least 4 members (excludes halogenated alkanes) is 2. The van der Waals surface area contributed by atoms with Crippen LogP contribution in [0, 0.1) is 17.2 Å². The van der Waals surface area contributed by atoms with Crippen molar-refractivity contribution in [2.24, 2.45) is 5.92 Å². The summed E-state index contributed by atoms with van der Waals surface area (Å²) in [5.74, 6) is 1.03. The average molecular weight is 137 g/mol. The van der Waals surface area contributed by atoms with E-state index in [4.69, 9.17) is 5.26 Å². The lowest BCUT2D eigenvalue weighted by atomic mass is 9.82. The molecule has 0 aromatic heterocycles. The number of hydrogen-bond donors (Lipinski definition) is 0. The second-order valence-electron chi connectivity index (χ2n) is 3.20. The molecule has 1 nitrogen and oxygen atoms in total. The maximum atomic E-state index is 8.25. The quantitative estimate of drug-likeness (QED) is 0.546. The van der Waals surface area contributed by atoms with Crippen LogP contribution < -0.4 is 0 Å². The van der Waals surface area contributed by atoms with Gasteiger partial charge in [-0.15, -0.1) is 0 Å². The smallest absolute Gasteiger partial charge is 0.0621 e. The van der Waals surface area contributed by atoms with Gasteiger partial charge in [0, 0.05) is 6.42 Å². The third-order valence-electron chi connectivity index (χ3n) is 2.38. The molecule has 0 amide bonds. The Morgan fingerprint density at radius 2 is 2.10 bits per heavy atom. The van der Waals surface area contributed by atoms with Crippen molar-refractivity contribution < 1.29 is 0 Å². The molecule has 0 atom stereocenters. The predicted molar refractivity (Wildman–Crippen MR) is 41.4 cm³/mol. The van der Waals surface area contributed by atoms with Gasteiger partial charge >= 0.3 is 0 Å². The van der Waals surface area contributed by atoms with Crippen molar-refractivity contribution in [1.82, 2.24) is 0 Å². The van der Waals surface area contributed by atoms with E-state index in [1.807, 2.05) is 0 Å². The molecule has 1 aliphatic carbocycles. The van der Waals surface area contributed by atoms with Crippen molar-refractivity contribution in [3.05, 3.63) is 0 Å². The lowest BCUT2D eigenvalue weighted by Crippen LogP contribution is -2.10. The predicted octanol–water partition coefficient (Wildman–Crippen LogP) is 2.87. The normalized spacial score (nSPS) is 17.9. The maximum Gasteiger partial charge on any atom is 0.0621 e. The van der Waals surface area contributed by atoms with Gasteiger partial charge in [-0.3, -0.25) is 0 Å². The van der Waals surface area contributed by atoms with Gasteiger partial charge in [0.1, 0.15) is 0 Å². The highest BCUT2D eigenvalue weighted by Crippen LogP contribution is 2.30. The van der Waals surface area contributed by atoms with E-state index in [-0.39, 0.29) is 0 Å². The lowest BCUT2D eigenvalue weighted by Gasteiger charge is -2.24. The zero-order valence-corrected chi connectivity index (χ0v) is 6.47. The van der Waals surface area contributed by atoms with Gasteiger partial charge in [-0.2, -0.15) is 5.26 Å². The van der Waals surface area contributed by atoms with Crippen LogP contribution in [0.3, 0.4) is 0 Å². The highest BCUT2D eigenvalue weighted by atomic mass is 14.2. The van der Waals surface area contributed by atoms with Gasteiger partial charge in [0.2, 0.25) is 0 Å². The van der Waals surface area contributed by atoms with Crippen LogP contribution in [0.5, 0.6) is 0 Å². The van der Waals surface area contributed by atoms with Gasteiger partial charge < -0.3 is 0 Å². The number of hydrogen-bond acceptors (Lipinski definition) is 1. The Bertz CT molecular complexity index is 119. The summed E-state index contributed by atoms with van der Waals surface area (Å²) < 4.78 is 0. The minimum Gasteiger partial charge on any atom is -0.198 e. The summed E-state index contributed by atoms with van der Waals surface area (Å²) >= 11 is 0. The minimum absolute atomic E-state index is 0.757. The molecule has 1 fully saturated rings. The van der Waals surface area contributed by atoms with E-state index in [9.17, 15) is 0 Å². The first-order chi connectivity index (χ1) is 4.93. The van der Waals surface area contributed by atoms with Crippen LogP contribution in [0.2, 0.25) is 0 Å². The summed E-state index contributed by atoms with van der Waals surface area (Å²) in [6.45, 7) is 0.